The van der Waals surface area contributed by atoms with E-state index in [2.05, 4.69) is 20.9 Å². The van der Waals surface area contributed by atoms with E-state index < -0.39 is 17.9 Å². The summed E-state index contributed by atoms with van der Waals surface area (Å²) in [6, 6.07) is 0.218. The van der Waals surface area contributed by atoms with E-state index in [0.717, 1.165) is 13.1 Å². The summed E-state index contributed by atoms with van der Waals surface area (Å²) in [5.74, 6) is -1.40. The van der Waals surface area contributed by atoms with Crippen molar-refractivity contribution in [3.63, 3.8) is 0 Å². The van der Waals surface area contributed by atoms with Gasteiger partial charge in [-0.15, -0.1) is 5.10 Å². The van der Waals surface area contributed by atoms with Crippen LogP contribution in [-0.2, 0) is 4.79 Å². The second-order valence-electron chi connectivity index (χ2n) is 4.02. The molecule has 0 aromatic carbocycles. The summed E-state index contributed by atoms with van der Waals surface area (Å²) in [6.07, 6.45) is 0.122. The SMILES string of the molecule is NC(=O)C(O)CNC(=O)c1cn(C2CNC2)nn1. The predicted molar refractivity (Wildman–Crippen MR) is 59.5 cm³/mol. The van der Waals surface area contributed by atoms with Crippen LogP contribution >= 0.6 is 0 Å². The summed E-state index contributed by atoms with van der Waals surface area (Å²) >= 11 is 0. The van der Waals surface area contributed by atoms with Crippen molar-refractivity contribution < 1.29 is 14.7 Å². The number of carbonyl (C=O) groups is 2. The largest absolute Gasteiger partial charge is 0.381 e. The normalized spacial score (nSPS) is 16.9. The number of nitrogens with one attached hydrogen (secondary N) is 2. The number of amides is 2. The van der Waals surface area contributed by atoms with Crippen LogP contribution in [0, 0.1) is 0 Å². The van der Waals surface area contributed by atoms with Crippen LogP contribution in [0.4, 0.5) is 0 Å². The Morgan fingerprint density at radius 3 is 2.94 bits per heavy atom. The first-order valence-electron chi connectivity index (χ1n) is 5.46. The fourth-order valence-electron chi connectivity index (χ4n) is 1.40. The molecule has 1 fully saturated rings. The third-order valence-corrected chi connectivity index (χ3v) is 2.66. The Bertz CT molecular complexity index is 455. The van der Waals surface area contributed by atoms with Gasteiger partial charge in [0.05, 0.1) is 18.8 Å². The fourth-order valence-corrected chi connectivity index (χ4v) is 1.40. The highest BCUT2D eigenvalue weighted by atomic mass is 16.3. The molecule has 18 heavy (non-hydrogen) atoms. The molecular formula is C9H14N6O3. The number of nitrogens with two attached hydrogens (primary N) is 1. The standard InChI is InChI=1S/C9H14N6O3/c10-8(17)7(16)3-12-9(18)6-4-15(14-13-6)5-1-11-2-5/h4-5,7,11,16H,1-3H2,(H2,10,17)(H,12,18). The lowest BCUT2D eigenvalue weighted by Gasteiger charge is -2.26. The van der Waals surface area contributed by atoms with Crippen molar-refractivity contribution in [2.24, 2.45) is 5.73 Å². The van der Waals surface area contributed by atoms with E-state index in [-0.39, 0.29) is 18.3 Å². The molecule has 0 aliphatic carbocycles. The maximum Gasteiger partial charge on any atom is 0.273 e. The summed E-state index contributed by atoms with van der Waals surface area (Å²) in [7, 11) is 0. The fraction of sp³-hybridized carbons (Fsp3) is 0.556. The van der Waals surface area contributed by atoms with Gasteiger partial charge in [-0.05, 0) is 0 Å². The molecule has 0 spiro atoms. The quantitative estimate of drug-likeness (QED) is 0.442. The minimum absolute atomic E-state index is 0.138. The lowest BCUT2D eigenvalue weighted by molar-refractivity contribution is -0.125. The Kier molecular flexibility index (Phi) is 3.53. The zero-order chi connectivity index (χ0) is 13.1. The molecule has 9 nitrogen and oxygen atoms in total. The van der Waals surface area contributed by atoms with Crippen molar-refractivity contribution in [1.82, 2.24) is 25.6 Å². The number of aliphatic hydroxyl groups is 1. The second-order valence-corrected chi connectivity index (χ2v) is 4.02. The van der Waals surface area contributed by atoms with Gasteiger partial charge in [-0.25, -0.2) is 4.68 Å². The maximum atomic E-state index is 11.6. The van der Waals surface area contributed by atoms with Crippen molar-refractivity contribution in [2.75, 3.05) is 19.6 Å². The first-order valence-corrected chi connectivity index (χ1v) is 5.46. The van der Waals surface area contributed by atoms with E-state index in [1.807, 2.05) is 0 Å². The number of hydrogen-bond donors (Lipinski definition) is 4. The van der Waals surface area contributed by atoms with Crippen LogP contribution in [-0.4, -0.2) is 57.7 Å². The van der Waals surface area contributed by atoms with Gasteiger partial charge in [-0.3, -0.25) is 9.59 Å². The summed E-state index contributed by atoms with van der Waals surface area (Å²) in [5.41, 5.74) is 4.99. The van der Waals surface area contributed by atoms with Crippen LogP contribution in [0.15, 0.2) is 6.20 Å². The van der Waals surface area contributed by atoms with Gasteiger partial charge in [0.1, 0.15) is 6.10 Å². The Morgan fingerprint density at radius 2 is 2.39 bits per heavy atom. The van der Waals surface area contributed by atoms with Crippen molar-refractivity contribution in [3.05, 3.63) is 11.9 Å². The molecular weight excluding hydrogens is 240 g/mol. The lowest BCUT2D eigenvalue weighted by Crippen LogP contribution is -2.43. The number of aromatic nitrogens is 3. The Balaban J connectivity index is 1.88. The Labute approximate surface area is 102 Å². The molecule has 9 heteroatoms. The van der Waals surface area contributed by atoms with Gasteiger partial charge < -0.3 is 21.5 Å². The molecule has 1 aliphatic rings. The molecule has 1 aromatic heterocycles. The zero-order valence-corrected chi connectivity index (χ0v) is 9.54. The smallest absolute Gasteiger partial charge is 0.273 e. The van der Waals surface area contributed by atoms with Gasteiger partial charge in [-0.1, -0.05) is 5.21 Å². The minimum Gasteiger partial charge on any atom is -0.381 e. The number of carbonyl (C=O) groups excluding carboxylic acids is 2. The monoisotopic (exact) mass is 254 g/mol. The van der Waals surface area contributed by atoms with Crippen molar-refractivity contribution >= 4 is 11.8 Å². The van der Waals surface area contributed by atoms with Gasteiger partial charge in [0.15, 0.2) is 5.69 Å². The molecule has 1 saturated heterocycles. The first kappa shape index (κ1) is 12.5. The lowest BCUT2D eigenvalue weighted by atomic mass is 10.2. The maximum absolute atomic E-state index is 11.6. The number of primary amides is 1. The van der Waals surface area contributed by atoms with Gasteiger partial charge >= 0.3 is 0 Å². The molecule has 1 aromatic rings. The third kappa shape index (κ3) is 2.63. The molecule has 1 atom stereocenters. The topological polar surface area (TPSA) is 135 Å². The van der Waals surface area contributed by atoms with Crippen LogP contribution in [0.25, 0.3) is 0 Å². The number of rotatable bonds is 5. The predicted octanol–water partition coefficient (Wildman–Crippen LogP) is -3.00. The average molecular weight is 254 g/mol. The van der Waals surface area contributed by atoms with Crippen LogP contribution < -0.4 is 16.4 Å². The highest BCUT2D eigenvalue weighted by molar-refractivity contribution is 5.92. The van der Waals surface area contributed by atoms with E-state index in [9.17, 15) is 9.59 Å². The Hall–Kier alpha value is -2.00. The summed E-state index contributed by atoms with van der Waals surface area (Å²) in [6.45, 7) is 1.35. The van der Waals surface area contributed by atoms with E-state index in [0.29, 0.717) is 0 Å². The number of aliphatic hydroxyl groups excluding tert-OH is 1. The van der Waals surface area contributed by atoms with Gasteiger partial charge in [0.2, 0.25) is 5.91 Å². The molecule has 1 unspecified atom stereocenters. The molecule has 0 bridgehead atoms. The second kappa shape index (κ2) is 5.10. The number of hydrogen-bond acceptors (Lipinski definition) is 6. The van der Waals surface area contributed by atoms with E-state index in [1.54, 1.807) is 4.68 Å². The van der Waals surface area contributed by atoms with E-state index in [1.165, 1.54) is 6.20 Å². The molecule has 2 amide bonds. The minimum atomic E-state index is -1.40. The molecule has 1 aliphatic heterocycles. The van der Waals surface area contributed by atoms with Gasteiger partial charge in [0.25, 0.3) is 5.91 Å². The van der Waals surface area contributed by atoms with Crippen LogP contribution in [0.1, 0.15) is 16.5 Å². The van der Waals surface area contributed by atoms with Crippen LogP contribution in [0.2, 0.25) is 0 Å². The average Bonchev–Trinajstić information content (AvgIpc) is 2.72. The third-order valence-electron chi connectivity index (χ3n) is 2.66. The number of nitrogens with zero attached hydrogens (tertiary/aromatic N) is 3. The van der Waals surface area contributed by atoms with Crippen LogP contribution in [0.3, 0.4) is 0 Å². The summed E-state index contributed by atoms with van der Waals surface area (Å²) in [4.78, 5) is 22.2. The summed E-state index contributed by atoms with van der Waals surface area (Å²) < 4.78 is 1.61. The first-order chi connectivity index (χ1) is 8.58. The van der Waals surface area contributed by atoms with Crippen molar-refractivity contribution in [1.29, 1.82) is 0 Å². The highest BCUT2D eigenvalue weighted by Crippen LogP contribution is 2.09. The molecule has 98 valence electrons. The molecule has 0 saturated carbocycles. The zero-order valence-electron chi connectivity index (χ0n) is 9.54. The highest BCUT2D eigenvalue weighted by Gasteiger charge is 2.22. The molecule has 0 radical (unpaired) electrons. The Morgan fingerprint density at radius 1 is 1.67 bits per heavy atom. The van der Waals surface area contributed by atoms with Gasteiger partial charge in [0, 0.05) is 13.1 Å². The summed E-state index contributed by atoms with van der Waals surface area (Å²) in [5, 5.41) is 22.1. The van der Waals surface area contributed by atoms with E-state index >= 15 is 0 Å². The molecule has 2 heterocycles. The van der Waals surface area contributed by atoms with Crippen LogP contribution in [0.5, 0.6) is 0 Å². The molecule has 5 N–H and O–H groups in total. The van der Waals surface area contributed by atoms with Crippen molar-refractivity contribution in [2.45, 2.75) is 12.1 Å². The van der Waals surface area contributed by atoms with E-state index in [4.69, 9.17) is 10.8 Å². The van der Waals surface area contributed by atoms with Crippen molar-refractivity contribution in [3.8, 4) is 0 Å². The van der Waals surface area contributed by atoms with Gasteiger partial charge in [-0.2, -0.15) is 0 Å². The molecule has 2 rings (SSSR count).